The zero-order chi connectivity index (χ0) is 23.6. The minimum Gasteiger partial charge on any atom is -0.444 e. The highest BCUT2D eigenvalue weighted by atomic mass is 16.6. The van der Waals surface area contributed by atoms with Crippen molar-refractivity contribution >= 4 is 17.9 Å². The maximum Gasteiger partial charge on any atom is 0.408 e. The van der Waals surface area contributed by atoms with Crippen LogP contribution in [0.15, 0.2) is 24.3 Å². The first kappa shape index (κ1) is 25.6. The van der Waals surface area contributed by atoms with Crippen LogP contribution in [-0.2, 0) is 14.3 Å². The van der Waals surface area contributed by atoms with Crippen LogP contribution in [0.25, 0.3) is 0 Å². The predicted molar refractivity (Wildman–Crippen MR) is 120 cm³/mol. The molecule has 0 heterocycles. The first-order chi connectivity index (χ1) is 14.5. The number of hydrogen-bond acceptors (Lipinski definition) is 4. The van der Waals surface area contributed by atoms with E-state index in [-0.39, 0.29) is 6.04 Å². The van der Waals surface area contributed by atoms with E-state index >= 15 is 0 Å². The lowest BCUT2D eigenvalue weighted by Crippen LogP contribution is -2.47. The van der Waals surface area contributed by atoms with Crippen LogP contribution in [0.5, 0.6) is 0 Å². The molecule has 0 spiro atoms. The molecule has 0 saturated carbocycles. The third-order valence-electron chi connectivity index (χ3n) is 4.20. The molecule has 3 amide bonds. The Labute approximate surface area is 184 Å². The van der Waals surface area contributed by atoms with Gasteiger partial charge in [0.2, 0.25) is 5.91 Å². The van der Waals surface area contributed by atoms with Gasteiger partial charge in [0, 0.05) is 17.6 Å². The van der Waals surface area contributed by atoms with Gasteiger partial charge in [-0.15, -0.1) is 6.42 Å². The van der Waals surface area contributed by atoms with Crippen molar-refractivity contribution in [3.8, 4) is 24.8 Å². The molecule has 166 valence electrons. The number of nitrogens with one attached hydrogen (secondary N) is 2. The van der Waals surface area contributed by atoms with E-state index in [2.05, 4.69) is 22.6 Å². The standard InChI is InChI=1S/C24H31N3O4/c1-8-11-17(4)26-22(29)21(19-14-12-18(9-2)13-15-19)27(10-3)20(28)16-25-23(30)31-24(5,6)7/h2-3,12-15,17,21H,8,11,16H2,1,4-7H3,(H,25,30)(H,26,29). The quantitative estimate of drug-likeness (QED) is 0.495. The molecule has 7 nitrogen and oxygen atoms in total. The highest BCUT2D eigenvalue weighted by Gasteiger charge is 2.31. The Hall–Kier alpha value is -3.45. The fourth-order valence-corrected chi connectivity index (χ4v) is 2.84. The summed E-state index contributed by atoms with van der Waals surface area (Å²) in [6.07, 6.45) is 11.9. The molecular formula is C24H31N3O4. The number of carbonyl (C=O) groups is 3. The molecule has 0 saturated heterocycles. The second kappa shape index (κ2) is 11.7. The number of ether oxygens (including phenoxy) is 1. The van der Waals surface area contributed by atoms with Crippen molar-refractivity contribution in [1.29, 1.82) is 0 Å². The SMILES string of the molecule is C#Cc1ccc(C(C(=O)NC(C)CCC)N(C#C)C(=O)CNC(=O)OC(C)(C)C)cc1. The van der Waals surface area contributed by atoms with Gasteiger partial charge in [0.1, 0.15) is 18.2 Å². The van der Waals surface area contributed by atoms with E-state index in [1.54, 1.807) is 45.0 Å². The van der Waals surface area contributed by atoms with Crippen LogP contribution in [0, 0.1) is 24.8 Å². The lowest BCUT2D eigenvalue weighted by atomic mass is 10.0. The summed E-state index contributed by atoms with van der Waals surface area (Å²) >= 11 is 0. The molecule has 0 aliphatic carbocycles. The molecule has 1 aromatic rings. The van der Waals surface area contributed by atoms with Gasteiger partial charge < -0.3 is 15.4 Å². The van der Waals surface area contributed by atoms with Gasteiger partial charge in [0.05, 0.1) is 0 Å². The average molecular weight is 426 g/mol. The molecule has 1 aromatic carbocycles. The topological polar surface area (TPSA) is 87.7 Å². The minimum atomic E-state index is -1.08. The van der Waals surface area contributed by atoms with Gasteiger partial charge in [-0.2, -0.15) is 0 Å². The molecule has 0 aliphatic rings. The Kier molecular flexibility index (Phi) is 9.63. The van der Waals surface area contributed by atoms with Crippen LogP contribution in [0.1, 0.15) is 64.6 Å². The van der Waals surface area contributed by atoms with Gasteiger partial charge in [-0.3, -0.25) is 14.5 Å². The van der Waals surface area contributed by atoms with E-state index < -0.39 is 36.1 Å². The molecule has 2 atom stereocenters. The van der Waals surface area contributed by atoms with E-state index in [0.29, 0.717) is 11.1 Å². The Balaban J connectivity index is 3.11. The third-order valence-corrected chi connectivity index (χ3v) is 4.20. The summed E-state index contributed by atoms with van der Waals surface area (Å²) in [5.74, 6) is 1.46. The minimum absolute atomic E-state index is 0.0976. The van der Waals surface area contributed by atoms with E-state index in [1.807, 2.05) is 13.8 Å². The van der Waals surface area contributed by atoms with Crippen LogP contribution in [0.4, 0.5) is 4.79 Å². The summed E-state index contributed by atoms with van der Waals surface area (Å²) in [5, 5.41) is 5.27. The molecule has 31 heavy (non-hydrogen) atoms. The summed E-state index contributed by atoms with van der Waals surface area (Å²) in [6, 6.07) is 7.75. The number of nitrogens with zero attached hydrogens (tertiary/aromatic N) is 1. The Morgan fingerprint density at radius 2 is 1.77 bits per heavy atom. The van der Waals surface area contributed by atoms with Gasteiger partial charge in [-0.25, -0.2) is 4.79 Å². The maximum atomic E-state index is 13.1. The summed E-state index contributed by atoms with van der Waals surface area (Å²) in [5.41, 5.74) is 0.423. The number of hydrogen-bond donors (Lipinski definition) is 2. The normalized spacial score (nSPS) is 12.5. The maximum absolute atomic E-state index is 13.1. The number of terminal acetylenes is 2. The monoisotopic (exact) mass is 425 g/mol. The number of amides is 3. The summed E-state index contributed by atoms with van der Waals surface area (Å²) < 4.78 is 5.13. The van der Waals surface area contributed by atoms with Gasteiger partial charge in [-0.1, -0.05) is 37.8 Å². The highest BCUT2D eigenvalue weighted by Crippen LogP contribution is 2.22. The van der Waals surface area contributed by atoms with Crippen molar-refractivity contribution in [2.24, 2.45) is 0 Å². The van der Waals surface area contributed by atoms with Crippen molar-refractivity contribution in [3.05, 3.63) is 35.4 Å². The first-order valence-electron chi connectivity index (χ1n) is 10.1. The number of carbonyl (C=O) groups excluding carboxylic acids is 3. The number of alkyl carbamates (subject to hydrolysis) is 1. The van der Waals surface area contributed by atoms with Gasteiger partial charge >= 0.3 is 6.09 Å². The Morgan fingerprint density at radius 3 is 2.26 bits per heavy atom. The Bertz CT molecular complexity index is 857. The van der Waals surface area contributed by atoms with Crippen LogP contribution >= 0.6 is 0 Å². The summed E-state index contributed by atoms with van der Waals surface area (Å²) in [6.45, 7) is 8.60. The second-order valence-electron chi connectivity index (χ2n) is 8.12. The first-order valence-corrected chi connectivity index (χ1v) is 10.1. The smallest absolute Gasteiger partial charge is 0.408 e. The number of benzene rings is 1. The molecule has 0 fully saturated rings. The van der Waals surface area contributed by atoms with Gasteiger partial charge in [-0.05, 0) is 51.8 Å². The van der Waals surface area contributed by atoms with Gasteiger partial charge in [0.15, 0.2) is 0 Å². The molecule has 0 aromatic heterocycles. The van der Waals surface area contributed by atoms with Crippen molar-refractivity contribution in [2.45, 2.75) is 65.1 Å². The van der Waals surface area contributed by atoms with Crippen molar-refractivity contribution in [3.63, 3.8) is 0 Å². The van der Waals surface area contributed by atoms with Crippen LogP contribution in [0.2, 0.25) is 0 Å². The molecule has 0 aliphatic heterocycles. The zero-order valence-corrected chi connectivity index (χ0v) is 18.8. The fourth-order valence-electron chi connectivity index (χ4n) is 2.84. The van der Waals surface area contributed by atoms with Crippen molar-refractivity contribution in [1.82, 2.24) is 15.5 Å². The van der Waals surface area contributed by atoms with E-state index in [9.17, 15) is 14.4 Å². The van der Waals surface area contributed by atoms with E-state index in [0.717, 1.165) is 17.7 Å². The van der Waals surface area contributed by atoms with Gasteiger partial charge in [0.25, 0.3) is 5.91 Å². The third kappa shape index (κ3) is 8.44. The van der Waals surface area contributed by atoms with E-state index in [1.165, 1.54) is 0 Å². The highest BCUT2D eigenvalue weighted by molar-refractivity contribution is 5.91. The predicted octanol–water partition coefficient (Wildman–Crippen LogP) is 2.96. The zero-order valence-electron chi connectivity index (χ0n) is 18.8. The van der Waals surface area contributed by atoms with Crippen LogP contribution < -0.4 is 10.6 Å². The molecule has 7 heteroatoms. The average Bonchev–Trinajstić information content (AvgIpc) is 2.69. The molecule has 2 unspecified atom stereocenters. The number of rotatable bonds is 8. The molecular weight excluding hydrogens is 394 g/mol. The fraction of sp³-hybridized carbons (Fsp3) is 0.458. The van der Waals surface area contributed by atoms with Crippen LogP contribution in [0.3, 0.4) is 0 Å². The summed E-state index contributed by atoms with van der Waals surface area (Å²) in [7, 11) is 0. The Morgan fingerprint density at radius 1 is 1.16 bits per heavy atom. The largest absolute Gasteiger partial charge is 0.444 e. The molecule has 0 radical (unpaired) electrons. The second-order valence-corrected chi connectivity index (χ2v) is 8.12. The van der Waals surface area contributed by atoms with Crippen molar-refractivity contribution in [2.75, 3.05) is 6.54 Å². The molecule has 0 bridgehead atoms. The lowest BCUT2D eigenvalue weighted by molar-refractivity contribution is -0.136. The van der Waals surface area contributed by atoms with E-state index in [4.69, 9.17) is 17.6 Å². The summed E-state index contributed by atoms with van der Waals surface area (Å²) in [4.78, 5) is 38.7. The lowest BCUT2D eigenvalue weighted by Gasteiger charge is -2.28. The molecule has 1 rings (SSSR count). The molecule has 2 N–H and O–H groups in total. The van der Waals surface area contributed by atoms with Crippen LogP contribution in [-0.4, -0.2) is 41.0 Å². The van der Waals surface area contributed by atoms with Crippen molar-refractivity contribution < 1.29 is 19.1 Å².